The summed E-state index contributed by atoms with van der Waals surface area (Å²) in [5, 5.41) is 10.6. The standard InChI is InChI=1S/C80H156O17P2/c1-7-9-11-13-15-17-19-21-22-23-26-33-39-45-51-57-63-78(83)91-69-76(96-79(84)64-58-52-46-40-34-27-24-25-30-36-42-48-54-60-72(3)4)71-95-99(88,89)93-67-74(81)66-92-98(86,87)94-70-75(68-90-77(82)62-56-50-44-38-32-20-18-16-14-12-10-8-2)97-80(85)65-59-53-47-41-35-29-28-31-37-43-49-55-61-73(5)6/h72-76,81H,7-71H2,1-6H3,(H,86,87)(H,88,89)/t74-,75+,76+/m0/s1. The zero-order valence-electron chi connectivity index (χ0n) is 64.8. The number of esters is 4. The van der Waals surface area contributed by atoms with Gasteiger partial charge >= 0.3 is 39.5 Å². The van der Waals surface area contributed by atoms with Crippen molar-refractivity contribution in [3.05, 3.63) is 0 Å². The van der Waals surface area contributed by atoms with E-state index in [4.69, 9.17) is 37.0 Å². The molecule has 0 aliphatic heterocycles. The topological polar surface area (TPSA) is 237 Å². The zero-order chi connectivity index (χ0) is 72.8. The number of unbranched alkanes of at least 4 members (excludes halogenated alkanes) is 49. The van der Waals surface area contributed by atoms with Gasteiger partial charge in [-0.3, -0.25) is 37.3 Å². The Balaban J connectivity index is 5.27. The zero-order valence-corrected chi connectivity index (χ0v) is 66.6. The third kappa shape index (κ3) is 74.1. The van der Waals surface area contributed by atoms with Gasteiger partial charge in [-0.05, 0) is 37.5 Å². The highest BCUT2D eigenvalue weighted by Gasteiger charge is 2.30. The molecule has 0 aliphatic carbocycles. The highest BCUT2D eigenvalue weighted by atomic mass is 31.2. The number of hydrogen-bond donors (Lipinski definition) is 3. The molecule has 99 heavy (non-hydrogen) atoms. The number of phosphoric ester groups is 2. The van der Waals surface area contributed by atoms with Gasteiger partial charge in [0.2, 0.25) is 0 Å². The molecule has 0 aromatic heterocycles. The van der Waals surface area contributed by atoms with E-state index in [1.54, 1.807) is 0 Å². The SMILES string of the molecule is CCCCCCCCCCCCCCCCCCC(=O)OC[C@H](COP(=O)(O)OC[C@@H](O)COP(=O)(O)OC[C@@H](COC(=O)CCCCCCCCCCCCCC)OC(=O)CCCCCCCCCCCCCCC(C)C)OC(=O)CCCCCCCCCCCCCCCC(C)C. The summed E-state index contributed by atoms with van der Waals surface area (Å²) in [5.74, 6) is -0.544. The number of rotatable bonds is 79. The average molecular weight is 1450 g/mol. The van der Waals surface area contributed by atoms with Gasteiger partial charge in [0.15, 0.2) is 12.2 Å². The molecule has 5 atom stereocenters. The van der Waals surface area contributed by atoms with Crippen molar-refractivity contribution in [1.29, 1.82) is 0 Å². The van der Waals surface area contributed by atoms with Crippen molar-refractivity contribution < 1.29 is 80.2 Å². The average Bonchev–Trinajstić information content (AvgIpc) is 1.02. The van der Waals surface area contributed by atoms with Crippen LogP contribution in [0.2, 0.25) is 0 Å². The molecule has 0 saturated heterocycles. The monoisotopic (exact) mass is 1450 g/mol. The van der Waals surface area contributed by atoms with Gasteiger partial charge in [-0.15, -0.1) is 0 Å². The molecule has 0 rings (SSSR count). The maximum Gasteiger partial charge on any atom is 0.472 e. The molecule has 0 fully saturated rings. The van der Waals surface area contributed by atoms with Gasteiger partial charge in [-0.1, -0.05) is 369 Å². The molecule has 0 heterocycles. The second kappa shape index (κ2) is 71.7. The Morgan fingerprint density at radius 2 is 0.465 bits per heavy atom. The van der Waals surface area contributed by atoms with Crippen molar-refractivity contribution in [1.82, 2.24) is 0 Å². The molecule has 0 aliphatic rings. The van der Waals surface area contributed by atoms with Gasteiger partial charge in [-0.25, -0.2) is 9.13 Å². The molecule has 0 radical (unpaired) electrons. The van der Waals surface area contributed by atoms with Gasteiger partial charge in [0.05, 0.1) is 26.4 Å². The molecular weight excluding hydrogens is 1290 g/mol. The van der Waals surface area contributed by atoms with E-state index in [1.165, 1.54) is 238 Å². The molecule has 588 valence electrons. The maximum absolute atomic E-state index is 13.1. The minimum atomic E-state index is -4.96. The number of carbonyl (C=O) groups excluding carboxylic acids is 4. The molecule has 0 saturated carbocycles. The number of ether oxygens (including phenoxy) is 4. The van der Waals surface area contributed by atoms with E-state index in [2.05, 4.69) is 41.5 Å². The summed E-state index contributed by atoms with van der Waals surface area (Å²) in [6.07, 6.45) is 60.8. The van der Waals surface area contributed by atoms with Crippen LogP contribution in [-0.4, -0.2) is 96.7 Å². The van der Waals surface area contributed by atoms with Crippen LogP contribution in [-0.2, 0) is 65.4 Å². The van der Waals surface area contributed by atoms with Crippen LogP contribution < -0.4 is 0 Å². The van der Waals surface area contributed by atoms with E-state index >= 15 is 0 Å². The summed E-state index contributed by atoms with van der Waals surface area (Å²) in [5.41, 5.74) is 0. The molecular formula is C80H156O17P2. The summed E-state index contributed by atoms with van der Waals surface area (Å²) in [6, 6.07) is 0. The van der Waals surface area contributed by atoms with Crippen LogP contribution in [0.3, 0.4) is 0 Å². The Hall–Kier alpha value is -1.94. The number of aliphatic hydroxyl groups excluding tert-OH is 1. The highest BCUT2D eigenvalue weighted by molar-refractivity contribution is 7.47. The van der Waals surface area contributed by atoms with E-state index in [-0.39, 0.29) is 25.7 Å². The Morgan fingerprint density at radius 1 is 0.273 bits per heavy atom. The van der Waals surface area contributed by atoms with Crippen LogP contribution in [0.25, 0.3) is 0 Å². The first-order valence-electron chi connectivity index (χ1n) is 41.5. The van der Waals surface area contributed by atoms with Gasteiger partial charge in [0, 0.05) is 25.7 Å². The van der Waals surface area contributed by atoms with E-state index in [0.717, 1.165) is 102 Å². The van der Waals surface area contributed by atoms with E-state index in [9.17, 15) is 43.2 Å². The van der Waals surface area contributed by atoms with Gasteiger partial charge < -0.3 is 33.8 Å². The molecule has 3 N–H and O–H groups in total. The van der Waals surface area contributed by atoms with E-state index < -0.39 is 97.5 Å². The highest BCUT2D eigenvalue weighted by Crippen LogP contribution is 2.45. The van der Waals surface area contributed by atoms with Crippen molar-refractivity contribution in [3.8, 4) is 0 Å². The number of phosphoric acid groups is 2. The lowest BCUT2D eigenvalue weighted by Crippen LogP contribution is -2.30. The third-order valence-corrected chi connectivity index (χ3v) is 20.6. The van der Waals surface area contributed by atoms with Crippen LogP contribution in [0.4, 0.5) is 0 Å². The fourth-order valence-corrected chi connectivity index (χ4v) is 13.9. The Morgan fingerprint density at radius 3 is 0.687 bits per heavy atom. The molecule has 2 unspecified atom stereocenters. The van der Waals surface area contributed by atoms with Gasteiger partial charge in [0.25, 0.3) is 0 Å². The molecule has 0 aromatic carbocycles. The maximum atomic E-state index is 13.1. The molecule has 19 heteroatoms. The minimum Gasteiger partial charge on any atom is -0.462 e. The van der Waals surface area contributed by atoms with Gasteiger partial charge in [-0.2, -0.15) is 0 Å². The largest absolute Gasteiger partial charge is 0.472 e. The first-order valence-corrected chi connectivity index (χ1v) is 44.5. The number of carbonyl (C=O) groups is 4. The van der Waals surface area contributed by atoms with Crippen LogP contribution in [0.1, 0.15) is 420 Å². The summed E-state index contributed by atoms with van der Waals surface area (Å²) in [7, 11) is -9.92. The smallest absolute Gasteiger partial charge is 0.462 e. The van der Waals surface area contributed by atoms with Gasteiger partial charge in [0.1, 0.15) is 19.3 Å². The van der Waals surface area contributed by atoms with Crippen LogP contribution in [0.5, 0.6) is 0 Å². The van der Waals surface area contributed by atoms with Crippen molar-refractivity contribution in [2.75, 3.05) is 39.6 Å². The summed E-state index contributed by atoms with van der Waals surface area (Å²) in [6.45, 7) is 9.66. The predicted octanol–water partition coefficient (Wildman–Crippen LogP) is 23.9. The lowest BCUT2D eigenvalue weighted by molar-refractivity contribution is -0.161. The Bertz CT molecular complexity index is 1910. The molecule has 17 nitrogen and oxygen atoms in total. The first-order chi connectivity index (χ1) is 47.9. The number of hydrogen-bond acceptors (Lipinski definition) is 15. The second-order valence-corrected chi connectivity index (χ2v) is 32.7. The lowest BCUT2D eigenvalue weighted by Gasteiger charge is -2.21. The van der Waals surface area contributed by atoms with Crippen molar-refractivity contribution in [3.63, 3.8) is 0 Å². The molecule has 0 aromatic rings. The predicted molar refractivity (Wildman–Crippen MR) is 405 cm³/mol. The van der Waals surface area contributed by atoms with E-state index in [0.29, 0.717) is 25.7 Å². The fourth-order valence-electron chi connectivity index (χ4n) is 12.4. The Kier molecular flexibility index (Phi) is 70.3. The minimum absolute atomic E-state index is 0.107. The summed E-state index contributed by atoms with van der Waals surface area (Å²) in [4.78, 5) is 73.0. The van der Waals surface area contributed by atoms with Crippen molar-refractivity contribution in [2.24, 2.45) is 11.8 Å². The van der Waals surface area contributed by atoms with Crippen LogP contribution in [0, 0.1) is 11.8 Å². The lowest BCUT2D eigenvalue weighted by atomic mass is 10.0. The van der Waals surface area contributed by atoms with Crippen LogP contribution >= 0.6 is 15.6 Å². The third-order valence-electron chi connectivity index (χ3n) is 18.7. The Labute approximate surface area is 607 Å². The summed E-state index contributed by atoms with van der Waals surface area (Å²) < 4.78 is 68.7. The van der Waals surface area contributed by atoms with E-state index in [1.807, 2.05) is 0 Å². The number of aliphatic hydroxyl groups is 1. The second-order valence-electron chi connectivity index (χ2n) is 29.8. The normalized spacial score (nSPS) is 13.9. The summed E-state index contributed by atoms with van der Waals surface area (Å²) >= 11 is 0. The first kappa shape index (κ1) is 97.1. The molecule has 0 amide bonds. The fraction of sp³-hybridized carbons (Fsp3) is 0.950. The quantitative estimate of drug-likeness (QED) is 0.0222. The van der Waals surface area contributed by atoms with Crippen molar-refractivity contribution >= 4 is 39.5 Å². The van der Waals surface area contributed by atoms with Crippen molar-refractivity contribution in [2.45, 2.75) is 439 Å². The molecule has 0 bridgehead atoms. The van der Waals surface area contributed by atoms with Crippen LogP contribution in [0.15, 0.2) is 0 Å². The molecule has 0 spiro atoms.